The fourth-order valence-corrected chi connectivity index (χ4v) is 4.36. The second-order valence-electron chi connectivity index (χ2n) is 6.94. The third-order valence-corrected chi connectivity index (χ3v) is 6.60. The van der Waals surface area contributed by atoms with Crippen LogP contribution in [0, 0.1) is 6.92 Å². The molecule has 0 atom stereocenters. The van der Waals surface area contributed by atoms with Crippen molar-refractivity contribution in [2.75, 3.05) is 22.0 Å². The highest BCUT2D eigenvalue weighted by molar-refractivity contribution is 7.92. The monoisotopic (exact) mass is 463 g/mol. The van der Waals surface area contributed by atoms with Gasteiger partial charge in [0.2, 0.25) is 0 Å². The van der Waals surface area contributed by atoms with Crippen LogP contribution in [-0.4, -0.2) is 21.5 Å². The number of nitrogens with zero attached hydrogens (tertiary/aromatic N) is 1. The topological polar surface area (TPSA) is 78.5 Å². The molecule has 0 aromatic heterocycles. The van der Waals surface area contributed by atoms with Crippen LogP contribution in [0.4, 0.5) is 35.0 Å². The van der Waals surface area contributed by atoms with Gasteiger partial charge in [-0.1, -0.05) is 24.3 Å². The van der Waals surface area contributed by atoms with Crippen LogP contribution in [0.2, 0.25) is 0 Å². The van der Waals surface area contributed by atoms with Crippen molar-refractivity contribution in [2.24, 2.45) is 0 Å². The van der Waals surface area contributed by atoms with Gasteiger partial charge in [0.05, 0.1) is 16.1 Å². The molecule has 0 heterocycles. The molecule has 0 saturated carbocycles. The number of aryl methyl sites for hydroxylation is 1. The number of urea groups is 1. The molecule has 10 heteroatoms. The third-order valence-electron chi connectivity index (χ3n) is 4.67. The summed E-state index contributed by atoms with van der Waals surface area (Å²) in [5, 5.41) is 5.27. The molecule has 32 heavy (non-hydrogen) atoms. The first-order valence-electron chi connectivity index (χ1n) is 9.38. The number of alkyl halides is 3. The standard InChI is InChI=1S/C22H20F3N3O3S/c1-15-8-9-16(22(23,24)25)14-20(15)32(30,31)28(2)19-12-10-18(11-13-19)27-21(29)26-17-6-4-3-5-7-17/h3-14H,1-2H3,(H2,26,27,29). The fraction of sp³-hybridized carbons (Fsp3) is 0.136. The SMILES string of the molecule is Cc1ccc(C(F)(F)F)cc1S(=O)(=O)N(C)c1ccc(NC(=O)Nc2ccccc2)cc1. The maximum absolute atomic E-state index is 13.1. The fourth-order valence-electron chi connectivity index (χ4n) is 2.91. The van der Waals surface area contributed by atoms with E-state index in [1.807, 2.05) is 6.07 Å². The van der Waals surface area contributed by atoms with Crippen molar-refractivity contribution >= 4 is 33.1 Å². The average Bonchev–Trinajstić information content (AvgIpc) is 2.73. The molecular weight excluding hydrogens is 443 g/mol. The number of benzene rings is 3. The second kappa shape index (κ2) is 8.91. The highest BCUT2D eigenvalue weighted by atomic mass is 32.2. The van der Waals surface area contributed by atoms with Gasteiger partial charge in [0, 0.05) is 18.4 Å². The zero-order valence-corrected chi connectivity index (χ0v) is 18.0. The number of hydrogen-bond donors (Lipinski definition) is 2. The summed E-state index contributed by atoms with van der Waals surface area (Å²) in [7, 11) is -3.00. The zero-order valence-electron chi connectivity index (χ0n) is 17.1. The molecule has 0 bridgehead atoms. The molecule has 0 aliphatic heterocycles. The Morgan fingerprint density at radius 3 is 2.00 bits per heavy atom. The molecule has 0 aliphatic carbocycles. The van der Waals surface area contributed by atoms with Gasteiger partial charge in [-0.15, -0.1) is 0 Å². The highest BCUT2D eigenvalue weighted by Gasteiger charge is 2.33. The van der Waals surface area contributed by atoms with E-state index in [1.165, 1.54) is 38.2 Å². The van der Waals surface area contributed by atoms with E-state index in [0.29, 0.717) is 17.4 Å². The molecule has 3 rings (SSSR count). The van der Waals surface area contributed by atoms with E-state index in [9.17, 15) is 26.4 Å². The van der Waals surface area contributed by atoms with E-state index < -0.39 is 32.7 Å². The lowest BCUT2D eigenvalue weighted by Crippen LogP contribution is -2.27. The minimum Gasteiger partial charge on any atom is -0.308 e. The van der Waals surface area contributed by atoms with Crippen molar-refractivity contribution in [3.8, 4) is 0 Å². The molecule has 2 N–H and O–H groups in total. The van der Waals surface area contributed by atoms with Crippen LogP contribution in [0.3, 0.4) is 0 Å². The van der Waals surface area contributed by atoms with Crippen LogP contribution in [0.25, 0.3) is 0 Å². The number of rotatable bonds is 5. The predicted molar refractivity (Wildman–Crippen MR) is 117 cm³/mol. The summed E-state index contributed by atoms with van der Waals surface area (Å²) in [4.78, 5) is 11.6. The summed E-state index contributed by atoms with van der Waals surface area (Å²) in [6.45, 7) is 1.43. The van der Waals surface area contributed by atoms with E-state index >= 15 is 0 Å². The van der Waals surface area contributed by atoms with Crippen LogP contribution in [0.1, 0.15) is 11.1 Å². The van der Waals surface area contributed by atoms with Gasteiger partial charge in [-0.05, 0) is 61.0 Å². The van der Waals surface area contributed by atoms with Crippen LogP contribution in [-0.2, 0) is 16.2 Å². The van der Waals surface area contributed by atoms with Crippen molar-refractivity contribution in [3.05, 3.63) is 83.9 Å². The molecule has 6 nitrogen and oxygen atoms in total. The van der Waals surface area contributed by atoms with Gasteiger partial charge in [-0.2, -0.15) is 13.2 Å². The van der Waals surface area contributed by atoms with E-state index in [2.05, 4.69) is 10.6 Å². The van der Waals surface area contributed by atoms with Gasteiger partial charge in [-0.25, -0.2) is 13.2 Å². The first-order chi connectivity index (χ1) is 15.0. The van der Waals surface area contributed by atoms with E-state index in [0.717, 1.165) is 16.4 Å². The normalized spacial score (nSPS) is 11.7. The zero-order chi connectivity index (χ0) is 23.5. The van der Waals surface area contributed by atoms with Crippen molar-refractivity contribution < 1.29 is 26.4 Å². The van der Waals surface area contributed by atoms with Gasteiger partial charge in [-0.3, -0.25) is 4.31 Å². The van der Waals surface area contributed by atoms with E-state index in [1.54, 1.807) is 24.3 Å². The Morgan fingerprint density at radius 2 is 1.44 bits per heavy atom. The first-order valence-corrected chi connectivity index (χ1v) is 10.8. The van der Waals surface area contributed by atoms with E-state index in [4.69, 9.17) is 0 Å². The molecule has 0 radical (unpaired) electrons. The minimum atomic E-state index is -4.66. The number of sulfonamides is 1. The summed E-state index contributed by atoms with van der Waals surface area (Å²) in [5.74, 6) is 0. The number of carbonyl (C=O) groups is 1. The van der Waals surface area contributed by atoms with Crippen LogP contribution >= 0.6 is 0 Å². The smallest absolute Gasteiger partial charge is 0.308 e. The molecule has 3 aromatic rings. The number of hydrogen-bond acceptors (Lipinski definition) is 3. The molecular formula is C22H20F3N3O3S. The summed E-state index contributed by atoms with van der Waals surface area (Å²) in [6.07, 6.45) is -4.66. The lowest BCUT2D eigenvalue weighted by Gasteiger charge is -2.22. The largest absolute Gasteiger partial charge is 0.416 e. The number of amides is 2. The summed E-state index contributed by atoms with van der Waals surface area (Å²) in [6, 6.07) is 16.8. The molecule has 0 spiro atoms. The number of nitrogens with one attached hydrogen (secondary N) is 2. The summed E-state index contributed by atoms with van der Waals surface area (Å²) < 4.78 is 66.0. The molecule has 0 saturated heterocycles. The molecule has 2 amide bonds. The maximum Gasteiger partial charge on any atom is 0.416 e. The lowest BCUT2D eigenvalue weighted by atomic mass is 10.1. The number of halogens is 3. The van der Waals surface area contributed by atoms with E-state index in [-0.39, 0.29) is 11.3 Å². The van der Waals surface area contributed by atoms with Crippen LogP contribution < -0.4 is 14.9 Å². The Morgan fingerprint density at radius 1 is 0.875 bits per heavy atom. The summed E-state index contributed by atoms with van der Waals surface area (Å²) in [5.41, 5.74) is 0.378. The Bertz CT molecular complexity index is 1210. The Balaban J connectivity index is 1.78. The summed E-state index contributed by atoms with van der Waals surface area (Å²) >= 11 is 0. The Hall–Kier alpha value is -3.53. The number of anilines is 3. The molecule has 168 valence electrons. The Kier molecular flexibility index (Phi) is 6.45. The van der Waals surface area contributed by atoms with Gasteiger partial charge in [0.1, 0.15) is 0 Å². The predicted octanol–water partition coefficient (Wildman–Crippen LogP) is 5.48. The lowest BCUT2D eigenvalue weighted by molar-refractivity contribution is -0.137. The first kappa shape index (κ1) is 23.1. The van der Waals surface area contributed by atoms with Crippen molar-refractivity contribution in [2.45, 2.75) is 18.0 Å². The van der Waals surface area contributed by atoms with Gasteiger partial charge in [0.15, 0.2) is 0 Å². The van der Waals surface area contributed by atoms with Gasteiger partial charge in [0.25, 0.3) is 10.0 Å². The maximum atomic E-state index is 13.1. The molecule has 0 fully saturated rings. The van der Waals surface area contributed by atoms with Crippen molar-refractivity contribution in [3.63, 3.8) is 0 Å². The van der Waals surface area contributed by atoms with Crippen molar-refractivity contribution in [1.82, 2.24) is 0 Å². The highest BCUT2D eigenvalue weighted by Crippen LogP contribution is 2.33. The third kappa shape index (κ3) is 5.20. The number of para-hydroxylation sites is 1. The number of carbonyl (C=O) groups excluding carboxylic acids is 1. The van der Waals surface area contributed by atoms with Gasteiger partial charge < -0.3 is 10.6 Å². The van der Waals surface area contributed by atoms with Gasteiger partial charge >= 0.3 is 12.2 Å². The van der Waals surface area contributed by atoms with Crippen molar-refractivity contribution in [1.29, 1.82) is 0 Å². The molecule has 0 aliphatic rings. The average molecular weight is 463 g/mol. The van der Waals surface area contributed by atoms with Crippen LogP contribution in [0.15, 0.2) is 77.7 Å². The minimum absolute atomic E-state index is 0.195. The quantitative estimate of drug-likeness (QED) is 0.526. The second-order valence-corrected chi connectivity index (χ2v) is 8.88. The van der Waals surface area contributed by atoms with Crippen LogP contribution in [0.5, 0.6) is 0 Å². The Labute approximate surface area is 183 Å². The molecule has 3 aromatic carbocycles. The molecule has 0 unspecified atom stereocenters.